The summed E-state index contributed by atoms with van der Waals surface area (Å²) >= 11 is 6.53. The minimum Gasteiger partial charge on any atom is -0.321 e. The zero-order chi connectivity index (χ0) is 14.0. The summed E-state index contributed by atoms with van der Waals surface area (Å²) in [5, 5.41) is 2.69. The van der Waals surface area contributed by atoms with Crippen LogP contribution in [0.4, 0.5) is 10.1 Å². The maximum absolute atomic E-state index is 13.7. The standard InChI is InChI=1S/C14H10Br2FNO/c1-8-5-6-9(15)12(7-8)18-14(19)13-10(16)3-2-4-11(13)17/h2-7H,1H3,(H,18,19). The predicted octanol–water partition coefficient (Wildman–Crippen LogP) is 4.91. The van der Waals surface area contributed by atoms with E-state index in [1.807, 2.05) is 25.1 Å². The second-order valence-electron chi connectivity index (χ2n) is 4.03. The van der Waals surface area contributed by atoms with Gasteiger partial charge in [-0.3, -0.25) is 4.79 Å². The van der Waals surface area contributed by atoms with Gasteiger partial charge in [0, 0.05) is 8.95 Å². The number of nitrogens with one attached hydrogen (secondary N) is 1. The van der Waals surface area contributed by atoms with Crippen molar-refractivity contribution in [3.05, 3.63) is 62.3 Å². The van der Waals surface area contributed by atoms with Gasteiger partial charge in [0.1, 0.15) is 5.82 Å². The summed E-state index contributed by atoms with van der Waals surface area (Å²) in [7, 11) is 0. The fourth-order valence-corrected chi connectivity index (χ4v) is 2.50. The van der Waals surface area contributed by atoms with Gasteiger partial charge in [-0.1, -0.05) is 12.1 Å². The van der Waals surface area contributed by atoms with Crippen molar-refractivity contribution >= 4 is 43.5 Å². The van der Waals surface area contributed by atoms with Crippen LogP contribution in [0, 0.1) is 12.7 Å². The number of carbonyl (C=O) groups excluding carboxylic acids is 1. The number of hydrogen-bond acceptors (Lipinski definition) is 1. The van der Waals surface area contributed by atoms with Gasteiger partial charge >= 0.3 is 0 Å². The summed E-state index contributed by atoms with van der Waals surface area (Å²) in [6.07, 6.45) is 0. The molecule has 0 aromatic heterocycles. The smallest absolute Gasteiger partial charge is 0.259 e. The molecule has 0 fully saturated rings. The molecule has 1 amide bonds. The fraction of sp³-hybridized carbons (Fsp3) is 0.0714. The van der Waals surface area contributed by atoms with Crippen molar-refractivity contribution in [1.29, 1.82) is 0 Å². The monoisotopic (exact) mass is 385 g/mol. The molecule has 0 atom stereocenters. The van der Waals surface area contributed by atoms with E-state index in [2.05, 4.69) is 37.2 Å². The second-order valence-corrected chi connectivity index (χ2v) is 5.74. The van der Waals surface area contributed by atoms with Crippen molar-refractivity contribution in [3.63, 3.8) is 0 Å². The molecule has 0 saturated carbocycles. The van der Waals surface area contributed by atoms with E-state index in [0.29, 0.717) is 10.2 Å². The van der Waals surface area contributed by atoms with Gasteiger partial charge in [-0.25, -0.2) is 4.39 Å². The first-order valence-corrected chi connectivity index (χ1v) is 7.09. The Bertz CT molecular complexity index is 623. The van der Waals surface area contributed by atoms with Crippen molar-refractivity contribution < 1.29 is 9.18 Å². The van der Waals surface area contributed by atoms with E-state index in [4.69, 9.17) is 0 Å². The van der Waals surface area contributed by atoms with Crippen molar-refractivity contribution in [2.45, 2.75) is 6.92 Å². The lowest BCUT2D eigenvalue weighted by atomic mass is 10.2. The lowest BCUT2D eigenvalue weighted by Crippen LogP contribution is -2.15. The minimum absolute atomic E-state index is 0.00379. The Morgan fingerprint density at radius 3 is 2.58 bits per heavy atom. The average Bonchev–Trinajstić information content (AvgIpc) is 2.33. The molecule has 2 aromatic carbocycles. The van der Waals surface area contributed by atoms with Crippen LogP contribution in [0.2, 0.25) is 0 Å². The van der Waals surface area contributed by atoms with Crippen LogP contribution in [-0.2, 0) is 0 Å². The van der Waals surface area contributed by atoms with E-state index in [1.54, 1.807) is 12.1 Å². The highest BCUT2D eigenvalue weighted by molar-refractivity contribution is 9.11. The summed E-state index contributed by atoms with van der Waals surface area (Å²) in [5.41, 5.74) is 1.61. The van der Waals surface area contributed by atoms with Crippen LogP contribution in [0.1, 0.15) is 15.9 Å². The van der Waals surface area contributed by atoms with Gasteiger partial charge in [0.15, 0.2) is 0 Å². The van der Waals surface area contributed by atoms with Crippen molar-refractivity contribution in [3.8, 4) is 0 Å². The van der Waals surface area contributed by atoms with Crippen LogP contribution in [0.3, 0.4) is 0 Å². The molecule has 2 rings (SSSR count). The van der Waals surface area contributed by atoms with Crippen molar-refractivity contribution in [2.75, 3.05) is 5.32 Å². The van der Waals surface area contributed by atoms with E-state index in [1.165, 1.54) is 6.07 Å². The third-order valence-corrected chi connectivity index (χ3v) is 3.91. The van der Waals surface area contributed by atoms with Gasteiger partial charge in [0.2, 0.25) is 0 Å². The SMILES string of the molecule is Cc1ccc(Br)c(NC(=O)c2c(F)cccc2Br)c1. The maximum atomic E-state index is 13.7. The molecule has 0 aliphatic carbocycles. The summed E-state index contributed by atoms with van der Waals surface area (Å²) < 4.78 is 14.9. The average molecular weight is 387 g/mol. The molecule has 0 aliphatic heterocycles. The Morgan fingerprint density at radius 2 is 1.89 bits per heavy atom. The van der Waals surface area contributed by atoms with Gasteiger partial charge in [0.25, 0.3) is 5.91 Å². The Hall–Kier alpha value is -1.20. The molecule has 0 radical (unpaired) electrons. The minimum atomic E-state index is -0.560. The van der Waals surface area contributed by atoms with Crippen LogP contribution in [-0.4, -0.2) is 5.91 Å². The zero-order valence-electron chi connectivity index (χ0n) is 10.0. The molecule has 19 heavy (non-hydrogen) atoms. The quantitative estimate of drug-likeness (QED) is 0.780. The Morgan fingerprint density at radius 1 is 1.16 bits per heavy atom. The van der Waals surface area contributed by atoms with E-state index in [0.717, 1.165) is 10.0 Å². The molecule has 0 heterocycles. The van der Waals surface area contributed by atoms with Crippen LogP contribution in [0.5, 0.6) is 0 Å². The van der Waals surface area contributed by atoms with E-state index in [9.17, 15) is 9.18 Å². The van der Waals surface area contributed by atoms with E-state index in [-0.39, 0.29) is 5.56 Å². The topological polar surface area (TPSA) is 29.1 Å². The third kappa shape index (κ3) is 3.22. The summed E-state index contributed by atoms with van der Waals surface area (Å²) in [5.74, 6) is -1.05. The number of benzene rings is 2. The first-order valence-electron chi connectivity index (χ1n) is 5.50. The fourth-order valence-electron chi connectivity index (χ4n) is 1.63. The molecular weight excluding hydrogens is 377 g/mol. The van der Waals surface area contributed by atoms with Crippen molar-refractivity contribution in [2.24, 2.45) is 0 Å². The van der Waals surface area contributed by atoms with E-state index < -0.39 is 11.7 Å². The maximum Gasteiger partial charge on any atom is 0.259 e. The molecule has 2 aromatic rings. The molecule has 0 saturated heterocycles. The van der Waals surface area contributed by atoms with Gasteiger partial charge < -0.3 is 5.32 Å². The number of anilines is 1. The van der Waals surface area contributed by atoms with Crippen molar-refractivity contribution in [1.82, 2.24) is 0 Å². The number of hydrogen-bond donors (Lipinski definition) is 1. The summed E-state index contributed by atoms with van der Waals surface area (Å²) in [6.45, 7) is 1.92. The molecule has 5 heteroatoms. The summed E-state index contributed by atoms with van der Waals surface area (Å²) in [4.78, 5) is 12.1. The molecule has 0 aliphatic rings. The highest BCUT2D eigenvalue weighted by Crippen LogP contribution is 2.26. The van der Waals surface area contributed by atoms with Crippen LogP contribution in [0.15, 0.2) is 45.3 Å². The number of amides is 1. The molecule has 98 valence electrons. The molecule has 0 unspecified atom stereocenters. The number of aryl methyl sites for hydroxylation is 1. The molecule has 1 N–H and O–H groups in total. The summed E-state index contributed by atoms with van der Waals surface area (Å²) in [6, 6.07) is 9.99. The largest absolute Gasteiger partial charge is 0.321 e. The highest BCUT2D eigenvalue weighted by Gasteiger charge is 2.16. The molecular formula is C14H10Br2FNO. The van der Waals surface area contributed by atoms with Gasteiger partial charge in [-0.2, -0.15) is 0 Å². The first-order chi connectivity index (χ1) is 8.99. The molecule has 2 nitrogen and oxygen atoms in total. The second kappa shape index (κ2) is 5.84. The van der Waals surface area contributed by atoms with Gasteiger partial charge in [-0.05, 0) is 68.6 Å². The van der Waals surface area contributed by atoms with Crippen LogP contribution < -0.4 is 5.32 Å². The Labute approximate surface area is 127 Å². The Kier molecular flexibility index (Phi) is 4.37. The van der Waals surface area contributed by atoms with Gasteiger partial charge in [-0.15, -0.1) is 0 Å². The Balaban J connectivity index is 2.34. The van der Waals surface area contributed by atoms with E-state index >= 15 is 0 Å². The number of carbonyl (C=O) groups is 1. The first kappa shape index (κ1) is 14.2. The van der Waals surface area contributed by atoms with Gasteiger partial charge in [0.05, 0.1) is 11.3 Å². The van der Waals surface area contributed by atoms with Crippen LogP contribution >= 0.6 is 31.9 Å². The molecule has 0 bridgehead atoms. The zero-order valence-corrected chi connectivity index (χ0v) is 13.2. The lowest BCUT2D eigenvalue weighted by Gasteiger charge is -2.10. The normalized spacial score (nSPS) is 10.3. The number of rotatable bonds is 2. The lowest BCUT2D eigenvalue weighted by molar-refractivity contribution is 0.102. The number of halogens is 3. The third-order valence-electron chi connectivity index (χ3n) is 2.56. The van der Waals surface area contributed by atoms with Crippen LogP contribution in [0.25, 0.3) is 0 Å². The predicted molar refractivity (Wildman–Crippen MR) is 80.9 cm³/mol. The molecule has 0 spiro atoms. The highest BCUT2D eigenvalue weighted by atomic mass is 79.9.